The molecule has 3 aromatic carbocycles. The smallest absolute Gasteiger partial charge is 0.442 e. The maximum atomic E-state index is 14.1. The van der Waals surface area contributed by atoms with E-state index in [9.17, 15) is 23.3 Å². The lowest BCUT2D eigenvalue weighted by Gasteiger charge is -2.17. The Morgan fingerprint density at radius 1 is 1.07 bits per heavy atom. The molecule has 0 radical (unpaired) electrons. The fourth-order valence-corrected chi connectivity index (χ4v) is 5.34. The molecule has 2 unspecified atom stereocenters. The summed E-state index contributed by atoms with van der Waals surface area (Å²) >= 11 is 0. The van der Waals surface area contributed by atoms with E-state index in [0.717, 1.165) is 11.1 Å². The monoisotopic (exact) mass is 634 g/mol. The topological polar surface area (TPSA) is 155 Å². The van der Waals surface area contributed by atoms with Crippen molar-refractivity contribution in [3.05, 3.63) is 89.9 Å². The van der Waals surface area contributed by atoms with Gasteiger partial charge in [0.15, 0.2) is 0 Å². The molecule has 0 aliphatic rings. The summed E-state index contributed by atoms with van der Waals surface area (Å²) in [5.74, 6) is -0.0403. The summed E-state index contributed by atoms with van der Waals surface area (Å²) in [6.45, 7) is 5.29. The maximum absolute atomic E-state index is 14.1. The van der Waals surface area contributed by atoms with Gasteiger partial charge in [-0.15, -0.1) is 4.36 Å². The molecule has 1 heterocycles. The van der Waals surface area contributed by atoms with E-state index in [2.05, 4.69) is 30.3 Å². The van der Waals surface area contributed by atoms with Crippen molar-refractivity contribution < 1.29 is 28.0 Å². The summed E-state index contributed by atoms with van der Waals surface area (Å²) < 4.78 is 35.4. The van der Waals surface area contributed by atoms with E-state index in [1.807, 2.05) is 6.92 Å². The Hall–Kier alpha value is -4.88. The molecule has 0 aliphatic carbocycles. The van der Waals surface area contributed by atoms with Gasteiger partial charge in [-0.1, -0.05) is 29.8 Å². The molecule has 0 spiro atoms. The number of halogens is 1. The number of hydrogen-bond donors (Lipinski definition) is 4. The van der Waals surface area contributed by atoms with Gasteiger partial charge >= 0.3 is 6.09 Å². The van der Waals surface area contributed by atoms with E-state index >= 15 is 0 Å². The minimum Gasteiger partial charge on any atom is -0.448 e. The number of rotatable bonds is 11. The molecule has 0 bridgehead atoms. The highest BCUT2D eigenvalue weighted by molar-refractivity contribution is 7.93. The average Bonchev–Trinajstić information content (AvgIpc) is 3.00. The predicted octanol–water partition coefficient (Wildman–Crippen LogP) is 5.92. The van der Waals surface area contributed by atoms with Crippen LogP contribution in [0.1, 0.15) is 25.0 Å². The van der Waals surface area contributed by atoms with Gasteiger partial charge in [0.25, 0.3) is 0 Å². The molecule has 0 saturated heterocycles. The lowest BCUT2D eigenvalue weighted by molar-refractivity contribution is -0.115. The molecule has 236 valence electrons. The van der Waals surface area contributed by atoms with E-state index < -0.39 is 21.6 Å². The molecule has 11 nitrogen and oxygen atoms in total. The first kappa shape index (κ1) is 33.0. The molecule has 0 fully saturated rings. The number of ether oxygens (including phenoxy) is 1. The zero-order valence-corrected chi connectivity index (χ0v) is 26.2. The van der Waals surface area contributed by atoms with Crippen molar-refractivity contribution in [3.8, 4) is 11.1 Å². The van der Waals surface area contributed by atoms with Crippen LogP contribution in [0.2, 0.25) is 0 Å². The molecule has 0 saturated carbocycles. The third kappa shape index (κ3) is 9.06. The molecular formula is C32H35FN6O5S. The summed E-state index contributed by atoms with van der Waals surface area (Å²) in [6, 6.07) is 17.9. The summed E-state index contributed by atoms with van der Waals surface area (Å²) in [6.07, 6.45) is 2.02. The molecule has 1 aromatic heterocycles. The van der Waals surface area contributed by atoms with Crippen LogP contribution in [0.25, 0.3) is 11.1 Å². The van der Waals surface area contributed by atoms with E-state index in [-0.39, 0.29) is 37.5 Å². The van der Waals surface area contributed by atoms with Crippen LogP contribution in [0.15, 0.2) is 82.2 Å². The first-order valence-electron chi connectivity index (χ1n) is 14.1. The van der Waals surface area contributed by atoms with Crippen molar-refractivity contribution in [1.29, 1.82) is 0 Å². The minimum absolute atomic E-state index is 0.0896. The molecule has 4 aromatic rings. The molecule has 2 atom stereocenters. The minimum atomic E-state index is -2.99. The SMILES string of the molecule is CCOC(=O)N=S(C)(=O)c1ccc(Nc2ncc(-c3ccc(NC(=O)Cc4cc(C)ccc4F)cc3)c(NC(C)CO)n2)cc1. The van der Waals surface area contributed by atoms with Gasteiger partial charge in [0, 0.05) is 40.3 Å². The highest BCUT2D eigenvalue weighted by Crippen LogP contribution is 2.29. The number of aromatic nitrogens is 2. The normalized spacial score (nSPS) is 12.8. The van der Waals surface area contributed by atoms with Crippen LogP contribution in [0, 0.1) is 12.7 Å². The number of carbonyl (C=O) groups excluding carboxylic acids is 2. The van der Waals surface area contributed by atoms with Crippen LogP contribution in [0.5, 0.6) is 0 Å². The van der Waals surface area contributed by atoms with Gasteiger partial charge < -0.3 is 25.8 Å². The molecule has 2 amide bonds. The van der Waals surface area contributed by atoms with Crippen molar-refractivity contribution in [1.82, 2.24) is 9.97 Å². The maximum Gasteiger partial charge on any atom is 0.442 e. The van der Waals surface area contributed by atoms with Crippen molar-refractivity contribution in [2.45, 2.75) is 38.1 Å². The molecule has 4 rings (SSSR count). The van der Waals surface area contributed by atoms with Crippen molar-refractivity contribution in [2.75, 3.05) is 35.4 Å². The van der Waals surface area contributed by atoms with Crippen LogP contribution in [-0.2, 0) is 25.7 Å². The Morgan fingerprint density at radius 2 is 1.76 bits per heavy atom. The summed E-state index contributed by atoms with van der Waals surface area (Å²) in [5.41, 5.74) is 3.76. The number of nitrogens with zero attached hydrogens (tertiary/aromatic N) is 3. The van der Waals surface area contributed by atoms with E-state index in [1.54, 1.807) is 80.7 Å². The first-order valence-corrected chi connectivity index (χ1v) is 16.1. The number of nitrogens with one attached hydrogen (secondary N) is 3. The van der Waals surface area contributed by atoms with E-state index in [0.29, 0.717) is 33.2 Å². The fourth-order valence-electron chi connectivity index (χ4n) is 4.26. The molecule has 45 heavy (non-hydrogen) atoms. The Balaban J connectivity index is 1.51. The van der Waals surface area contributed by atoms with Crippen molar-refractivity contribution >= 4 is 44.9 Å². The van der Waals surface area contributed by atoms with Gasteiger partial charge in [0.2, 0.25) is 11.9 Å². The standard InChI is InChI=1S/C32H35FN6O5S/c1-5-44-32(42)39-45(4,43)26-13-11-25(12-14-26)37-31-34-18-27(30(38-31)35-21(3)19-40)22-7-9-24(10-8-22)36-29(41)17-23-16-20(2)6-15-28(23)33/h6-16,18,21,40H,5,17,19H2,1-4H3,(H,36,41)(H2,34,35,37,38). The summed E-state index contributed by atoms with van der Waals surface area (Å²) in [7, 11) is -2.99. The molecule has 4 N–H and O–H groups in total. The van der Waals surface area contributed by atoms with Crippen molar-refractivity contribution in [2.24, 2.45) is 4.36 Å². The van der Waals surface area contributed by atoms with Crippen molar-refractivity contribution in [3.63, 3.8) is 0 Å². The molecule has 13 heteroatoms. The van der Waals surface area contributed by atoms with Gasteiger partial charge in [-0.25, -0.2) is 18.4 Å². The number of aliphatic hydroxyl groups excluding tert-OH is 1. The Bertz CT molecular complexity index is 1790. The zero-order valence-electron chi connectivity index (χ0n) is 25.3. The summed E-state index contributed by atoms with van der Waals surface area (Å²) in [5, 5.41) is 18.7. The van der Waals surface area contributed by atoms with Crippen LogP contribution < -0.4 is 16.0 Å². The Kier molecular flexibility index (Phi) is 10.8. The second-order valence-electron chi connectivity index (χ2n) is 10.3. The number of hydrogen-bond acceptors (Lipinski definition) is 9. The van der Waals surface area contributed by atoms with E-state index in [4.69, 9.17) is 4.74 Å². The second-order valence-corrected chi connectivity index (χ2v) is 12.6. The Labute approximate surface area is 261 Å². The lowest BCUT2D eigenvalue weighted by atomic mass is 10.1. The van der Waals surface area contributed by atoms with Gasteiger partial charge in [-0.2, -0.15) is 4.98 Å². The average molecular weight is 635 g/mol. The number of aliphatic hydroxyl groups is 1. The number of anilines is 4. The van der Waals surface area contributed by atoms with E-state index in [1.165, 1.54) is 12.3 Å². The van der Waals surface area contributed by atoms with Crippen LogP contribution in [-0.4, -0.2) is 56.8 Å². The number of carbonyl (C=O) groups is 2. The number of aryl methyl sites for hydroxylation is 1. The quantitative estimate of drug-likeness (QED) is 0.157. The van der Waals surface area contributed by atoms with Crippen LogP contribution in [0.3, 0.4) is 0 Å². The molecular weight excluding hydrogens is 599 g/mol. The highest BCUT2D eigenvalue weighted by atomic mass is 32.2. The van der Waals surface area contributed by atoms with Gasteiger partial charge in [-0.3, -0.25) is 4.79 Å². The van der Waals surface area contributed by atoms with Crippen LogP contribution in [0.4, 0.5) is 32.3 Å². The zero-order chi connectivity index (χ0) is 32.6. The Morgan fingerprint density at radius 3 is 2.42 bits per heavy atom. The fraction of sp³-hybridized carbons (Fsp3) is 0.250. The molecule has 0 aliphatic heterocycles. The third-order valence-electron chi connectivity index (χ3n) is 6.54. The number of amides is 2. The van der Waals surface area contributed by atoms with Crippen LogP contribution >= 0.6 is 0 Å². The highest BCUT2D eigenvalue weighted by Gasteiger charge is 2.15. The van der Waals surface area contributed by atoms with Gasteiger partial charge in [0.1, 0.15) is 11.6 Å². The third-order valence-corrected chi connectivity index (χ3v) is 8.19. The lowest BCUT2D eigenvalue weighted by Crippen LogP contribution is -2.21. The largest absolute Gasteiger partial charge is 0.448 e. The second kappa shape index (κ2) is 14.7. The van der Waals surface area contributed by atoms with Gasteiger partial charge in [-0.05, 0) is 74.4 Å². The number of benzene rings is 3. The first-order chi connectivity index (χ1) is 21.5. The summed E-state index contributed by atoms with van der Waals surface area (Å²) in [4.78, 5) is 33.7. The predicted molar refractivity (Wildman–Crippen MR) is 173 cm³/mol. The van der Waals surface area contributed by atoms with Gasteiger partial charge in [0.05, 0.1) is 29.4 Å².